The summed E-state index contributed by atoms with van der Waals surface area (Å²) in [4.78, 5) is 10.7. The summed E-state index contributed by atoms with van der Waals surface area (Å²) in [5.41, 5.74) is 1.12. The van der Waals surface area contributed by atoms with Gasteiger partial charge in [0.1, 0.15) is 11.9 Å². The van der Waals surface area contributed by atoms with E-state index in [2.05, 4.69) is 27.0 Å². The van der Waals surface area contributed by atoms with Crippen molar-refractivity contribution >= 4 is 0 Å². The molecule has 1 aromatic carbocycles. The summed E-state index contributed by atoms with van der Waals surface area (Å²) in [7, 11) is 1.72. The summed E-state index contributed by atoms with van der Waals surface area (Å²) in [6, 6.07) is 8.17. The minimum absolute atomic E-state index is 0.0901. The highest BCUT2D eigenvalue weighted by Gasteiger charge is 2.48. The van der Waals surface area contributed by atoms with Crippen LogP contribution in [-0.2, 0) is 11.3 Å². The molecule has 25 heavy (non-hydrogen) atoms. The number of aromatic nitrogens is 2. The maximum atomic E-state index is 6.10. The van der Waals surface area contributed by atoms with Crippen LogP contribution < -0.4 is 9.47 Å². The number of methoxy groups -OCH3 is 1. The van der Waals surface area contributed by atoms with Gasteiger partial charge in [-0.3, -0.25) is 9.88 Å². The van der Waals surface area contributed by atoms with Crippen molar-refractivity contribution in [3.8, 4) is 11.6 Å². The van der Waals surface area contributed by atoms with Crippen LogP contribution in [0, 0.1) is 0 Å². The summed E-state index contributed by atoms with van der Waals surface area (Å²) in [6.07, 6.45) is 6.90. The lowest BCUT2D eigenvalue weighted by Gasteiger charge is -2.53. The first kappa shape index (κ1) is 16.3. The normalized spacial score (nSPS) is 22.4. The standard InChI is InChI=1S/C19H23N3O3/c1-23-17-5-3-2-4-15(17)12-22-13-19(14-22)10-16(6-9-24-19)25-18-11-20-7-8-21-18/h2-5,7-8,11,16H,6,9-10,12-14H2,1H3/t16-/m0/s1. The van der Waals surface area contributed by atoms with Crippen LogP contribution >= 0.6 is 0 Å². The summed E-state index contributed by atoms with van der Waals surface area (Å²) in [5.74, 6) is 1.53. The maximum Gasteiger partial charge on any atom is 0.232 e. The zero-order valence-electron chi connectivity index (χ0n) is 14.4. The average molecular weight is 341 g/mol. The highest BCUT2D eigenvalue weighted by atomic mass is 16.5. The van der Waals surface area contributed by atoms with Gasteiger partial charge in [-0.15, -0.1) is 0 Å². The molecule has 4 rings (SSSR count). The van der Waals surface area contributed by atoms with Gasteiger partial charge in [0, 0.05) is 50.4 Å². The van der Waals surface area contributed by atoms with Gasteiger partial charge in [0.15, 0.2) is 0 Å². The third-order valence-corrected chi connectivity index (χ3v) is 4.88. The number of rotatable bonds is 5. The van der Waals surface area contributed by atoms with Crippen LogP contribution in [-0.4, -0.2) is 53.4 Å². The first-order valence-corrected chi connectivity index (χ1v) is 8.67. The van der Waals surface area contributed by atoms with Crippen molar-refractivity contribution in [2.75, 3.05) is 26.8 Å². The number of para-hydroxylation sites is 1. The van der Waals surface area contributed by atoms with Crippen LogP contribution in [0.4, 0.5) is 0 Å². The molecule has 2 aliphatic rings. The maximum absolute atomic E-state index is 6.10. The van der Waals surface area contributed by atoms with Crippen molar-refractivity contribution in [3.05, 3.63) is 48.4 Å². The lowest BCUT2D eigenvalue weighted by molar-refractivity contribution is -0.188. The van der Waals surface area contributed by atoms with Gasteiger partial charge in [0.05, 0.1) is 25.5 Å². The van der Waals surface area contributed by atoms with Crippen molar-refractivity contribution in [3.63, 3.8) is 0 Å². The molecule has 2 saturated heterocycles. The van der Waals surface area contributed by atoms with E-state index in [4.69, 9.17) is 14.2 Å². The minimum atomic E-state index is -0.0901. The van der Waals surface area contributed by atoms with E-state index >= 15 is 0 Å². The molecule has 1 aromatic heterocycles. The Bertz CT molecular complexity index is 704. The fraction of sp³-hybridized carbons (Fsp3) is 0.474. The molecule has 0 unspecified atom stereocenters. The second-order valence-electron chi connectivity index (χ2n) is 6.76. The van der Waals surface area contributed by atoms with Gasteiger partial charge in [0.2, 0.25) is 5.88 Å². The quantitative estimate of drug-likeness (QED) is 0.832. The first-order valence-electron chi connectivity index (χ1n) is 8.67. The Morgan fingerprint density at radius 1 is 1.28 bits per heavy atom. The number of hydrogen-bond donors (Lipinski definition) is 0. The fourth-order valence-electron chi connectivity index (χ4n) is 3.78. The lowest BCUT2D eigenvalue weighted by Crippen LogP contribution is -2.65. The Balaban J connectivity index is 1.33. The van der Waals surface area contributed by atoms with Gasteiger partial charge in [-0.1, -0.05) is 18.2 Å². The van der Waals surface area contributed by atoms with Gasteiger partial charge in [-0.25, -0.2) is 4.98 Å². The second-order valence-corrected chi connectivity index (χ2v) is 6.76. The summed E-state index contributed by atoms with van der Waals surface area (Å²) in [5, 5.41) is 0. The Hall–Kier alpha value is -2.18. The zero-order valence-corrected chi connectivity index (χ0v) is 14.4. The molecule has 6 nitrogen and oxygen atoms in total. The Kier molecular flexibility index (Phi) is 4.55. The molecule has 0 amide bonds. The molecule has 1 atom stereocenters. The van der Waals surface area contributed by atoms with Crippen molar-refractivity contribution in [1.82, 2.24) is 14.9 Å². The predicted molar refractivity (Wildman–Crippen MR) is 92.6 cm³/mol. The Morgan fingerprint density at radius 2 is 2.16 bits per heavy atom. The molecule has 0 N–H and O–H groups in total. The van der Waals surface area contributed by atoms with E-state index in [0.717, 1.165) is 44.8 Å². The molecule has 1 spiro atoms. The average Bonchev–Trinajstić information content (AvgIpc) is 2.62. The molecule has 0 radical (unpaired) electrons. The second kappa shape index (κ2) is 6.98. The lowest BCUT2D eigenvalue weighted by atomic mass is 9.84. The van der Waals surface area contributed by atoms with Crippen molar-refractivity contribution in [2.45, 2.75) is 31.1 Å². The van der Waals surface area contributed by atoms with Crippen molar-refractivity contribution < 1.29 is 14.2 Å². The van der Waals surface area contributed by atoms with E-state index in [9.17, 15) is 0 Å². The van der Waals surface area contributed by atoms with E-state index < -0.39 is 0 Å². The smallest absolute Gasteiger partial charge is 0.232 e. The van der Waals surface area contributed by atoms with E-state index in [-0.39, 0.29) is 11.7 Å². The van der Waals surface area contributed by atoms with Gasteiger partial charge in [-0.2, -0.15) is 0 Å². The van der Waals surface area contributed by atoms with Crippen LogP contribution in [0.2, 0.25) is 0 Å². The van der Waals surface area contributed by atoms with Crippen LogP contribution in [0.3, 0.4) is 0 Å². The van der Waals surface area contributed by atoms with Crippen molar-refractivity contribution in [1.29, 1.82) is 0 Å². The van der Waals surface area contributed by atoms with Crippen molar-refractivity contribution in [2.24, 2.45) is 0 Å². The number of likely N-dealkylation sites (tertiary alicyclic amines) is 1. The van der Waals surface area contributed by atoms with Gasteiger partial charge >= 0.3 is 0 Å². The van der Waals surface area contributed by atoms with Crippen LogP contribution in [0.25, 0.3) is 0 Å². The number of nitrogens with zero attached hydrogens (tertiary/aromatic N) is 3. The van der Waals surface area contributed by atoms with E-state index in [1.807, 2.05) is 12.1 Å². The molecule has 3 heterocycles. The predicted octanol–water partition coefficient (Wildman–Crippen LogP) is 2.30. The summed E-state index contributed by atoms with van der Waals surface area (Å²) in [6.45, 7) is 3.45. The Morgan fingerprint density at radius 3 is 2.96 bits per heavy atom. The highest BCUT2D eigenvalue weighted by molar-refractivity contribution is 5.33. The van der Waals surface area contributed by atoms with Gasteiger partial charge < -0.3 is 14.2 Å². The number of benzene rings is 1. The fourth-order valence-corrected chi connectivity index (χ4v) is 3.78. The number of ether oxygens (including phenoxy) is 3. The molecule has 0 aliphatic carbocycles. The number of hydrogen-bond acceptors (Lipinski definition) is 6. The third-order valence-electron chi connectivity index (χ3n) is 4.88. The molecular formula is C19H23N3O3. The minimum Gasteiger partial charge on any atom is -0.496 e. The monoisotopic (exact) mass is 341 g/mol. The summed E-state index contributed by atoms with van der Waals surface area (Å²) < 4.78 is 17.5. The van der Waals surface area contributed by atoms with Crippen LogP contribution in [0.1, 0.15) is 18.4 Å². The molecule has 132 valence electrons. The topological polar surface area (TPSA) is 56.7 Å². The highest BCUT2D eigenvalue weighted by Crippen LogP contribution is 2.36. The zero-order chi connectivity index (χ0) is 17.1. The molecule has 2 aromatic rings. The van der Waals surface area contributed by atoms with Gasteiger partial charge in [0.25, 0.3) is 0 Å². The summed E-state index contributed by atoms with van der Waals surface area (Å²) >= 11 is 0. The Labute approximate surface area is 147 Å². The largest absolute Gasteiger partial charge is 0.496 e. The molecular weight excluding hydrogens is 318 g/mol. The first-order chi connectivity index (χ1) is 12.3. The van der Waals surface area contributed by atoms with E-state index in [1.54, 1.807) is 25.7 Å². The van der Waals surface area contributed by atoms with E-state index in [0.29, 0.717) is 5.88 Å². The van der Waals surface area contributed by atoms with Crippen LogP contribution in [0.15, 0.2) is 42.9 Å². The van der Waals surface area contributed by atoms with E-state index in [1.165, 1.54) is 5.56 Å². The van der Waals surface area contributed by atoms with Gasteiger partial charge in [-0.05, 0) is 6.07 Å². The molecule has 0 saturated carbocycles. The van der Waals surface area contributed by atoms with Crippen LogP contribution in [0.5, 0.6) is 11.6 Å². The SMILES string of the molecule is COc1ccccc1CN1CC2(C[C@@H](Oc3cnccn3)CCO2)C1. The molecule has 6 heteroatoms. The molecule has 2 fully saturated rings. The third kappa shape index (κ3) is 3.60. The molecule has 0 bridgehead atoms. The molecule has 2 aliphatic heterocycles.